The Morgan fingerprint density at radius 3 is 2.47 bits per heavy atom. The van der Waals surface area contributed by atoms with E-state index in [1.165, 1.54) is 6.42 Å². The molecular formula is C13H24O4. The van der Waals surface area contributed by atoms with E-state index >= 15 is 0 Å². The molecule has 0 heterocycles. The van der Waals surface area contributed by atoms with Gasteiger partial charge in [0.1, 0.15) is 5.78 Å². The van der Waals surface area contributed by atoms with Gasteiger partial charge in [0.15, 0.2) is 0 Å². The number of carbonyl (C=O) groups is 1. The lowest BCUT2D eigenvalue weighted by Crippen LogP contribution is -2.21. The summed E-state index contributed by atoms with van der Waals surface area (Å²) in [5, 5.41) is 0. The van der Waals surface area contributed by atoms with Crippen LogP contribution in [-0.4, -0.2) is 45.9 Å². The lowest BCUT2D eigenvalue weighted by atomic mass is 9.86. The minimum atomic E-state index is 0.248. The summed E-state index contributed by atoms with van der Waals surface area (Å²) < 4.78 is 15.6. The Hall–Kier alpha value is -0.450. The van der Waals surface area contributed by atoms with E-state index in [4.69, 9.17) is 14.2 Å². The number of hydrogen-bond acceptors (Lipinski definition) is 4. The largest absolute Gasteiger partial charge is 0.382 e. The van der Waals surface area contributed by atoms with E-state index in [2.05, 4.69) is 0 Å². The van der Waals surface area contributed by atoms with E-state index < -0.39 is 0 Å². The summed E-state index contributed by atoms with van der Waals surface area (Å²) >= 11 is 0. The Morgan fingerprint density at radius 2 is 1.76 bits per heavy atom. The molecule has 1 aliphatic carbocycles. The molecule has 1 saturated carbocycles. The molecule has 0 aromatic carbocycles. The molecule has 0 spiro atoms. The van der Waals surface area contributed by atoms with Gasteiger partial charge in [-0.3, -0.25) is 4.79 Å². The molecule has 0 N–H and O–H groups in total. The third-order valence-corrected chi connectivity index (χ3v) is 3.10. The summed E-state index contributed by atoms with van der Waals surface area (Å²) in [6.45, 7) is 3.11. The molecule has 1 aliphatic rings. The van der Waals surface area contributed by atoms with Crippen LogP contribution in [0.25, 0.3) is 0 Å². The van der Waals surface area contributed by atoms with Crippen molar-refractivity contribution >= 4 is 5.78 Å². The van der Waals surface area contributed by atoms with Gasteiger partial charge in [-0.1, -0.05) is 6.42 Å². The van der Waals surface area contributed by atoms with Gasteiger partial charge >= 0.3 is 0 Å². The van der Waals surface area contributed by atoms with E-state index in [-0.39, 0.29) is 5.92 Å². The molecule has 0 bridgehead atoms. The lowest BCUT2D eigenvalue weighted by molar-refractivity contribution is -0.125. The van der Waals surface area contributed by atoms with Gasteiger partial charge in [0, 0.05) is 26.1 Å². The summed E-state index contributed by atoms with van der Waals surface area (Å²) in [6, 6.07) is 0. The SMILES string of the molecule is COCCOCCOCCC1CCCCC1=O. The first-order chi connectivity index (χ1) is 8.34. The fourth-order valence-electron chi connectivity index (χ4n) is 2.05. The van der Waals surface area contributed by atoms with Gasteiger partial charge in [0.2, 0.25) is 0 Å². The third kappa shape index (κ3) is 6.76. The molecule has 4 nitrogen and oxygen atoms in total. The van der Waals surface area contributed by atoms with Crippen LogP contribution in [0.2, 0.25) is 0 Å². The number of Topliss-reactive ketones (excluding diaryl/α,β-unsaturated/α-hetero) is 1. The standard InChI is InChI=1S/C13H24O4/c1-15-8-9-17-11-10-16-7-6-12-4-2-3-5-13(12)14/h12H,2-11H2,1H3. The highest BCUT2D eigenvalue weighted by molar-refractivity contribution is 5.81. The Bertz CT molecular complexity index is 206. The maximum atomic E-state index is 11.5. The summed E-state index contributed by atoms with van der Waals surface area (Å²) in [5.74, 6) is 0.675. The summed E-state index contributed by atoms with van der Waals surface area (Å²) in [7, 11) is 1.65. The van der Waals surface area contributed by atoms with E-state index in [0.29, 0.717) is 38.8 Å². The monoisotopic (exact) mass is 244 g/mol. The van der Waals surface area contributed by atoms with Crippen LogP contribution in [0.15, 0.2) is 0 Å². The van der Waals surface area contributed by atoms with Crippen molar-refractivity contribution in [1.29, 1.82) is 0 Å². The first-order valence-corrected chi connectivity index (χ1v) is 6.51. The number of carbonyl (C=O) groups excluding carboxylic acids is 1. The molecule has 1 unspecified atom stereocenters. The normalized spacial score (nSPS) is 20.8. The molecular weight excluding hydrogens is 220 g/mol. The van der Waals surface area contributed by atoms with Crippen molar-refractivity contribution in [3.63, 3.8) is 0 Å². The van der Waals surface area contributed by atoms with Crippen molar-refractivity contribution in [3.05, 3.63) is 0 Å². The van der Waals surface area contributed by atoms with Crippen LogP contribution < -0.4 is 0 Å². The number of ether oxygens (including phenoxy) is 3. The average molecular weight is 244 g/mol. The number of methoxy groups -OCH3 is 1. The van der Waals surface area contributed by atoms with Gasteiger partial charge in [-0.05, 0) is 19.3 Å². The molecule has 0 saturated heterocycles. The van der Waals surface area contributed by atoms with Gasteiger partial charge in [-0.15, -0.1) is 0 Å². The van der Waals surface area contributed by atoms with Crippen molar-refractivity contribution in [2.75, 3.05) is 40.1 Å². The maximum Gasteiger partial charge on any atom is 0.136 e. The number of hydrogen-bond donors (Lipinski definition) is 0. The molecule has 4 heteroatoms. The van der Waals surface area contributed by atoms with Gasteiger partial charge < -0.3 is 14.2 Å². The molecule has 100 valence electrons. The van der Waals surface area contributed by atoms with Crippen molar-refractivity contribution in [2.24, 2.45) is 5.92 Å². The second kappa shape index (κ2) is 9.57. The van der Waals surface area contributed by atoms with Crippen molar-refractivity contribution < 1.29 is 19.0 Å². The second-order valence-electron chi connectivity index (χ2n) is 4.42. The molecule has 17 heavy (non-hydrogen) atoms. The highest BCUT2D eigenvalue weighted by atomic mass is 16.5. The molecule has 1 fully saturated rings. The maximum absolute atomic E-state index is 11.5. The minimum Gasteiger partial charge on any atom is -0.382 e. The van der Waals surface area contributed by atoms with Crippen LogP contribution in [0.3, 0.4) is 0 Å². The van der Waals surface area contributed by atoms with Crippen molar-refractivity contribution in [2.45, 2.75) is 32.1 Å². The van der Waals surface area contributed by atoms with E-state index in [0.717, 1.165) is 25.7 Å². The summed E-state index contributed by atoms with van der Waals surface area (Å²) in [6.07, 6.45) is 4.95. The van der Waals surface area contributed by atoms with Crippen LogP contribution in [-0.2, 0) is 19.0 Å². The van der Waals surface area contributed by atoms with Crippen LogP contribution in [0.4, 0.5) is 0 Å². The van der Waals surface area contributed by atoms with Crippen LogP contribution >= 0.6 is 0 Å². The molecule has 1 rings (SSSR count). The van der Waals surface area contributed by atoms with Crippen LogP contribution in [0, 0.1) is 5.92 Å². The molecule has 1 atom stereocenters. The highest BCUT2D eigenvalue weighted by Crippen LogP contribution is 2.23. The summed E-state index contributed by atoms with van der Waals surface area (Å²) in [4.78, 5) is 11.5. The first kappa shape index (κ1) is 14.6. The third-order valence-electron chi connectivity index (χ3n) is 3.10. The fourth-order valence-corrected chi connectivity index (χ4v) is 2.05. The minimum absolute atomic E-state index is 0.248. The smallest absolute Gasteiger partial charge is 0.136 e. The van der Waals surface area contributed by atoms with Gasteiger partial charge in [0.05, 0.1) is 26.4 Å². The summed E-state index contributed by atoms with van der Waals surface area (Å²) in [5.41, 5.74) is 0. The number of rotatable bonds is 9. The highest BCUT2D eigenvalue weighted by Gasteiger charge is 2.21. The quantitative estimate of drug-likeness (QED) is 0.580. The average Bonchev–Trinajstić information content (AvgIpc) is 2.35. The van der Waals surface area contributed by atoms with E-state index in [9.17, 15) is 4.79 Å². The molecule has 0 aromatic heterocycles. The Labute approximate surface area is 104 Å². The van der Waals surface area contributed by atoms with Gasteiger partial charge in [-0.25, -0.2) is 0 Å². The topological polar surface area (TPSA) is 44.8 Å². The molecule has 0 amide bonds. The zero-order chi connectivity index (χ0) is 12.3. The Morgan fingerprint density at radius 1 is 1.06 bits per heavy atom. The van der Waals surface area contributed by atoms with Crippen LogP contribution in [0.5, 0.6) is 0 Å². The van der Waals surface area contributed by atoms with Crippen molar-refractivity contribution in [1.82, 2.24) is 0 Å². The Balaban J connectivity index is 1.88. The predicted molar refractivity (Wildman–Crippen MR) is 65.1 cm³/mol. The lowest BCUT2D eigenvalue weighted by Gasteiger charge is -2.20. The second-order valence-corrected chi connectivity index (χ2v) is 4.42. The van der Waals surface area contributed by atoms with Gasteiger partial charge in [0.25, 0.3) is 0 Å². The van der Waals surface area contributed by atoms with Gasteiger partial charge in [-0.2, -0.15) is 0 Å². The van der Waals surface area contributed by atoms with Crippen molar-refractivity contribution in [3.8, 4) is 0 Å². The number of ketones is 1. The molecule has 0 radical (unpaired) electrons. The Kier molecular flexibility index (Phi) is 8.22. The van der Waals surface area contributed by atoms with E-state index in [1.807, 2.05) is 0 Å². The van der Waals surface area contributed by atoms with E-state index in [1.54, 1.807) is 7.11 Å². The molecule has 0 aliphatic heterocycles. The zero-order valence-corrected chi connectivity index (χ0v) is 10.8. The molecule has 0 aromatic rings. The van der Waals surface area contributed by atoms with Crippen LogP contribution in [0.1, 0.15) is 32.1 Å². The fraction of sp³-hybridized carbons (Fsp3) is 0.923. The first-order valence-electron chi connectivity index (χ1n) is 6.51. The predicted octanol–water partition coefficient (Wildman–Crippen LogP) is 1.82. The zero-order valence-electron chi connectivity index (χ0n) is 10.8.